The van der Waals surface area contributed by atoms with Crippen LogP contribution in [-0.4, -0.2) is 37.0 Å². The van der Waals surface area contributed by atoms with Crippen LogP contribution < -0.4 is 16.2 Å². The Balaban J connectivity index is 1.84. The van der Waals surface area contributed by atoms with Gasteiger partial charge in [0.25, 0.3) is 5.91 Å². The van der Waals surface area contributed by atoms with Crippen molar-refractivity contribution < 1.29 is 9.53 Å². The number of hydrogen-bond donors (Lipinski definition) is 2. The van der Waals surface area contributed by atoms with Crippen LogP contribution in [0.5, 0.6) is 5.75 Å². The van der Waals surface area contributed by atoms with E-state index in [-0.39, 0.29) is 0 Å². The van der Waals surface area contributed by atoms with Gasteiger partial charge in [-0.3, -0.25) is 4.79 Å². The van der Waals surface area contributed by atoms with Crippen molar-refractivity contribution in [2.75, 3.05) is 32.0 Å². The van der Waals surface area contributed by atoms with Gasteiger partial charge in [0.1, 0.15) is 5.75 Å². The second-order valence-electron chi connectivity index (χ2n) is 4.87. The predicted molar refractivity (Wildman–Crippen MR) is 75.2 cm³/mol. The molecule has 1 aliphatic rings. The lowest BCUT2D eigenvalue weighted by atomic mass is 10.1. The van der Waals surface area contributed by atoms with Crippen LogP contribution in [0, 0.1) is 0 Å². The number of amides is 1. The van der Waals surface area contributed by atoms with Crippen molar-refractivity contribution in [3.8, 4) is 5.75 Å². The fraction of sp³-hybridized carbons (Fsp3) is 0.500. The van der Waals surface area contributed by atoms with Crippen molar-refractivity contribution in [1.82, 2.24) is 4.90 Å². The van der Waals surface area contributed by atoms with E-state index in [1.165, 1.54) is 25.9 Å². The van der Waals surface area contributed by atoms with Gasteiger partial charge >= 0.3 is 0 Å². The summed E-state index contributed by atoms with van der Waals surface area (Å²) in [6.45, 7) is 3.98. The summed E-state index contributed by atoms with van der Waals surface area (Å²) in [6.07, 6.45) is 3.52. The van der Waals surface area contributed by atoms with E-state index in [9.17, 15) is 4.79 Å². The zero-order valence-corrected chi connectivity index (χ0v) is 11.1. The van der Waals surface area contributed by atoms with Gasteiger partial charge < -0.3 is 21.1 Å². The third kappa shape index (κ3) is 3.86. The van der Waals surface area contributed by atoms with Crippen LogP contribution in [0.25, 0.3) is 0 Å². The molecule has 0 bridgehead atoms. The van der Waals surface area contributed by atoms with Gasteiger partial charge in [-0.15, -0.1) is 0 Å². The Hall–Kier alpha value is -1.75. The molecule has 0 aliphatic carbocycles. The molecule has 0 aromatic heterocycles. The molecule has 1 heterocycles. The summed E-state index contributed by atoms with van der Waals surface area (Å²) in [4.78, 5) is 13.7. The molecular weight excluding hydrogens is 242 g/mol. The molecule has 1 fully saturated rings. The first-order valence-electron chi connectivity index (χ1n) is 6.71. The number of hydrogen-bond acceptors (Lipinski definition) is 4. The number of nitrogens with two attached hydrogens (primary N) is 2. The minimum absolute atomic E-state index is 0.385. The molecule has 104 valence electrons. The van der Waals surface area contributed by atoms with E-state index in [1.807, 2.05) is 0 Å². The highest BCUT2D eigenvalue weighted by Gasteiger charge is 2.12. The number of ether oxygens (including phenoxy) is 1. The van der Waals surface area contributed by atoms with Gasteiger partial charge in [-0.05, 0) is 44.5 Å². The molecule has 19 heavy (non-hydrogen) atoms. The van der Waals surface area contributed by atoms with E-state index < -0.39 is 5.91 Å². The van der Waals surface area contributed by atoms with E-state index in [2.05, 4.69) is 4.90 Å². The smallest absolute Gasteiger partial charge is 0.252 e. The number of benzene rings is 1. The van der Waals surface area contributed by atoms with E-state index in [0.29, 0.717) is 23.6 Å². The largest absolute Gasteiger partial charge is 0.493 e. The Morgan fingerprint density at radius 1 is 1.32 bits per heavy atom. The van der Waals surface area contributed by atoms with Crippen molar-refractivity contribution in [3.05, 3.63) is 23.8 Å². The zero-order valence-electron chi connectivity index (χ0n) is 11.1. The highest BCUT2D eigenvalue weighted by molar-refractivity contribution is 5.96. The van der Waals surface area contributed by atoms with Crippen LogP contribution in [0.3, 0.4) is 0 Å². The lowest BCUT2D eigenvalue weighted by Gasteiger charge is -2.15. The number of nitrogens with zero attached hydrogens (tertiary/aromatic N) is 1. The van der Waals surface area contributed by atoms with E-state index in [4.69, 9.17) is 16.2 Å². The lowest BCUT2D eigenvalue weighted by molar-refractivity contribution is 0.0996. The highest BCUT2D eigenvalue weighted by atomic mass is 16.5. The molecule has 0 radical (unpaired) electrons. The minimum atomic E-state index is -0.491. The fourth-order valence-corrected chi connectivity index (χ4v) is 2.34. The monoisotopic (exact) mass is 263 g/mol. The number of nitrogen functional groups attached to an aromatic ring is 1. The summed E-state index contributed by atoms with van der Waals surface area (Å²) in [5, 5.41) is 0. The summed E-state index contributed by atoms with van der Waals surface area (Å²) in [6, 6.07) is 4.90. The standard InChI is InChI=1S/C14H21N3O2/c15-11-4-5-12(14(16)18)13(10-11)19-9-3-8-17-6-1-2-7-17/h4-5,10H,1-3,6-9,15H2,(H2,16,18). The summed E-state index contributed by atoms with van der Waals surface area (Å²) >= 11 is 0. The maximum atomic E-state index is 11.3. The zero-order chi connectivity index (χ0) is 13.7. The molecule has 1 aromatic rings. The normalized spacial score (nSPS) is 15.6. The first kappa shape index (κ1) is 13.7. The molecule has 1 amide bonds. The topological polar surface area (TPSA) is 81.6 Å². The minimum Gasteiger partial charge on any atom is -0.493 e. The van der Waals surface area contributed by atoms with Crippen LogP contribution >= 0.6 is 0 Å². The Morgan fingerprint density at radius 3 is 2.74 bits per heavy atom. The molecule has 0 unspecified atom stereocenters. The molecule has 1 aromatic carbocycles. The molecule has 0 saturated carbocycles. The van der Waals surface area contributed by atoms with Crippen molar-refractivity contribution in [2.45, 2.75) is 19.3 Å². The van der Waals surface area contributed by atoms with Gasteiger partial charge in [0.15, 0.2) is 0 Å². The molecule has 5 heteroatoms. The first-order valence-corrected chi connectivity index (χ1v) is 6.71. The Labute approximate surface area is 113 Å². The highest BCUT2D eigenvalue weighted by Crippen LogP contribution is 2.21. The van der Waals surface area contributed by atoms with Crippen molar-refractivity contribution in [1.29, 1.82) is 0 Å². The summed E-state index contributed by atoms with van der Waals surface area (Å²) < 4.78 is 5.63. The second-order valence-corrected chi connectivity index (χ2v) is 4.87. The number of carbonyl (C=O) groups is 1. The van der Waals surface area contributed by atoms with Crippen molar-refractivity contribution >= 4 is 11.6 Å². The lowest BCUT2D eigenvalue weighted by Crippen LogP contribution is -2.22. The number of carbonyl (C=O) groups excluding carboxylic acids is 1. The third-order valence-electron chi connectivity index (χ3n) is 3.35. The summed E-state index contributed by atoms with van der Waals surface area (Å²) in [5.74, 6) is -0.0107. The Kier molecular flexibility index (Phi) is 4.63. The summed E-state index contributed by atoms with van der Waals surface area (Å²) in [7, 11) is 0. The van der Waals surface area contributed by atoms with E-state index >= 15 is 0 Å². The second kappa shape index (κ2) is 6.43. The maximum absolute atomic E-state index is 11.3. The number of rotatable bonds is 6. The van der Waals surface area contributed by atoms with Crippen LogP contribution in [0.2, 0.25) is 0 Å². The van der Waals surface area contributed by atoms with Gasteiger partial charge in [-0.2, -0.15) is 0 Å². The summed E-state index contributed by atoms with van der Waals surface area (Å²) in [5.41, 5.74) is 11.9. The van der Waals surface area contributed by atoms with Gasteiger partial charge in [0.2, 0.25) is 0 Å². The van der Waals surface area contributed by atoms with Crippen LogP contribution in [0.15, 0.2) is 18.2 Å². The molecular formula is C14H21N3O2. The maximum Gasteiger partial charge on any atom is 0.252 e. The predicted octanol–water partition coefficient (Wildman–Crippen LogP) is 1.23. The average Bonchev–Trinajstić information content (AvgIpc) is 2.87. The van der Waals surface area contributed by atoms with Crippen molar-refractivity contribution in [3.63, 3.8) is 0 Å². The van der Waals surface area contributed by atoms with Crippen molar-refractivity contribution in [2.24, 2.45) is 5.73 Å². The SMILES string of the molecule is NC(=O)c1ccc(N)cc1OCCCN1CCCC1. The number of anilines is 1. The van der Waals surface area contributed by atoms with E-state index in [1.54, 1.807) is 18.2 Å². The van der Waals surface area contributed by atoms with Gasteiger partial charge in [-0.1, -0.05) is 0 Å². The Morgan fingerprint density at radius 2 is 2.05 bits per heavy atom. The number of primary amides is 1. The van der Waals surface area contributed by atoms with Gasteiger partial charge in [0, 0.05) is 18.3 Å². The molecule has 4 N–H and O–H groups in total. The van der Waals surface area contributed by atoms with E-state index in [0.717, 1.165) is 13.0 Å². The molecule has 1 aliphatic heterocycles. The first-order chi connectivity index (χ1) is 9.16. The molecule has 0 spiro atoms. The molecule has 0 atom stereocenters. The molecule has 5 nitrogen and oxygen atoms in total. The Bertz CT molecular complexity index is 442. The van der Waals surface area contributed by atoms with Gasteiger partial charge in [-0.25, -0.2) is 0 Å². The third-order valence-corrected chi connectivity index (χ3v) is 3.35. The number of likely N-dealkylation sites (tertiary alicyclic amines) is 1. The molecule has 1 saturated heterocycles. The van der Waals surface area contributed by atoms with Gasteiger partial charge in [0.05, 0.1) is 12.2 Å². The quantitative estimate of drug-likeness (QED) is 0.597. The fourth-order valence-electron chi connectivity index (χ4n) is 2.34. The van der Waals surface area contributed by atoms with Crippen LogP contribution in [-0.2, 0) is 0 Å². The average molecular weight is 263 g/mol. The molecule has 2 rings (SSSR count). The van der Waals surface area contributed by atoms with Crippen LogP contribution in [0.4, 0.5) is 5.69 Å². The van der Waals surface area contributed by atoms with Crippen LogP contribution in [0.1, 0.15) is 29.6 Å².